The molecule has 0 spiro atoms. The molecule has 0 radical (unpaired) electrons. The molecule has 5 nitrogen and oxygen atoms in total. The van der Waals surface area contributed by atoms with E-state index in [4.69, 9.17) is 10.5 Å². The van der Waals surface area contributed by atoms with Crippen LogP contribution in [0.3, 0.4) is 0 Å². The normalized spacial score (nSPS) is 12.5. The van der Waals surface area contributed by atoms with Crippen molar-refractivity contribution in [2.75, 3.05) is 31.1 Å². The Bertz CT molecular complexity index is 827. The van der Waals surface area contributed by atoms with Crippen molar-refractivity contribution in [2.45, 2.75) is 25.7 Å². The van der Waals surface area contributed by atoms with Gasteiger partial charge in [-0.05, 0) is 61.6 Å². The molecule has 5 heteroatoms. The minimum atomic E-state index is -0.292. The van der Waals surface area contributed by atoms with Crippen LogP contribution in [0.1, 0.15) is 39.9 Å². The monoisotopic (exact) mass is 363 g/mol. The highest BCUT2D eigenvalue weighted by molar-refractivity contribution is 5.89. The Hall–Kier alpha value is -2.84. The zero-order chi connectivity index (χ0) is 19.1. The fraction of sp³-hybridized carbons (Fsp3) is 0.364. The van der Waals surface area contributed by atoms with Gasteiger partial charge in [-0.2, -0.15) is 5.26 Å². The van der Waals surface area contributed by atoms with Gasteiger partial charge in [0.1, 0.15) is 6.07 Å². The minimum Gasteiger partial charge on any atom is -0.462 e. The van der Waals surface area contributed by atoms with Crippen molar-refractivity contribution in [1.29, 1.82) is 5.26 Å². The van der Waals surface area contributed by atoms with E-state index in [0.717, 1.165) is 50.0 Å². The number of nitrogens with zero attached hydrogens (tertiary/aromatic N) is 2. The first kappa shape index (κ1) is 18.9. The molecule has 2 aromatic rings. The number of benzene rings is 2. The van der Waals surface area contributed by atoms with Crippen molar-refractivity contribution in [2.24, 2.45) is 5.73 Å². The molecule has 0 aliphatic carbocycles. The average Bonchev–Trinajstić information content (AvgIpc) is 3.12. The summed E-state index contributed by atoms with van der Waals surface area (Å²) >= 11 is 0. The highest BCUT2D eigenvalue weighted by Gasteiger charge is 2.23. The molecule has 2 N–H and O–H groups in total. The van der Waals surface area contributed by atoms with Crippen molar-refractivity contribution < 1.29 is 9.53 Å². The number of carbonyl (C=O) groups excluding carboxylic acids is 1. The lowest BCUT2D eigenvalue weighted by Gasteiger charge is -2.21. The van der Waals surface area contributed by atoms with E-state index < -0.39 is 0 Å². The summed E-state index contributed by atoms with van der Waals surface area (Å²) in [6.45, 7) is 2.70. The Morgan fingerprint density at radius 3 is 2.78 bits per heavy atom. The molecule has 0 amide bonds. The maximum absolute atomic E-state index is 12.0. The summed E-state index contributed by atoms with van der Waals surface area (Å²) in [7, 11) is 0. The van der Waals surface area contributed by atoms with Gasteiger partial charge in [0.15, 0.2) is 0 Å². The highest BCUT2D eigenvalue weighted by Crippen LogP contribution is 2.33. The third kappa shape index (κ3) is 4.66. The van der Waals surface area contributed by atoms with E-state index in [9.17, 15) is 10.1 Å². The Balaban J connectivity index is 1.56. The number of nitriles is 1. The Labute approximate surface area is 160 Å². The molecular weight excluding hydrogens is 338 g/mol. The van der Waals surface area contributed by atoms with Crippen LogP contribution in [0.5, 0.6) is 0 Å². The smallest absolute Gasteiger partial charge is 0.338 e. The Kier molecular flexibility index (Phi) is 6.45. The molecule has 27 heavy (non-hydrogen) atoms. The van der Waals surface area contributed by atoms with Gasteiger partial charge in [0.25, 0.3) is 0 Å². The first-order chi connectivity index (χ1) is 13.2. The predicted octanol–water partition coefficient (Wildman–Crippen LogP) is 3.06. The molecular formula is C22H25N3O2. The van der Waals surface area contributed by atoms with Crippen LogP contribution in [0.2, 0.25) is 0 Å². The molecule has 1 aliphatic heterocycles. The molecule has 0 saturated carbocycles. The lowest BCUT2D eigenvalue weighted by Crippen LogP contribution is -2.24. The summed E-state index contributed by atoms with van der Waals surface area (Å²) in [6.07, 6.45) is 3.52. The van der Waals surface area contributed by atoms with Crippen molar-refractivity contribution in [3.63, 3.8) is 0 Å². The van der Waals surface area contributed by atoms with Crippen LogP contribution in [-0.2, 0) is 17.6 Å². The van der Waals surface area contributed by atoms with Crippen LogP contribution < -0.4 is 10.6 Å². The summed E-state index contributed by atoms with van der Waals surface area (Å²) < 4.78 is 5.35. The molecule has 0 saturated heterocycles. The largest absolute Gasteiger partial charge is 0.462 e. The van der Waals surface area contributed by atoms with Crippen LogP contribution in [0.25, 0.3) is 0 Å². The third-order valence-corrected chi connectivity index (χ3v) is 4.82. The number of hydrogen-bond acceptors (Lipinski definition) is 5. The quantitative estimate of drug-likeness (QED) is 0.576. The third-order valence-electron chi connectivity index (χ3n) is 4.82. The second-order valence-electron chi connectivity index (χ2n) is 6.75. The molecule has 3 rings (SSSR count). The fourth-order valence-corrected chi connectivity index (χ4v) is 3.53. The number of hydrogen-bond donors (Lipinski definition) is 1. The number of ether oxygens (including phenoxy) is 1. The average molecular weight is 363 g/mol. The van der Waals surface area contributed by atoms with E-state index in [0.29, 0.717) is 18.7 Å². The van der Waals surface area contributed by atoms with E-state index in [1.165, 1.54) is 11.1 Å². The minimum absolute atomic E-state index is 0.292. The molecule has 1 heterocycles. The highest BCUT2D eigenvalue weighted by atomic mass is 16.5. The first-order valence-electron chi connectivity index (χ1n) is 9.46. The van der Waals surface area contributed by atoms with Crippen molar-refractivity contribution in [3.8, 4) is 6.07 Å². The fourth-order valence-electron chi connectivity index (χ4n) is 3.53. The predicted molar refractivity (Wildman–Crippen MR) is 106 cm³/mol. The number of fused-ring (bicyclic) bond motifs is 1. The number of rotatable bonds is 8. The van der Waals surface area contributed by atoms with E-state index in [-0.39, 0.29) is 5.97 Å². The summed E-state index contributed by atoms with van der Waals surface area (Å²) in [5.74, 6) is -0.292. The molecule has 140 valence electrons. The maximum atomic E-state index is 12.0. The van der Waals surface area contributed by atoms with Gasteiger partial charge < -0.3 is 15.4 Å². The van der Waals surface area contributed by atoms with E-state index in [1.54, 1.807) is 12.1 Å². The van der Waals surface area contributed by atoms with Gasteiger partial charge in [-0.15, -0.1) is 0 Å². The number of nitrogens with two attached hydrogens (primary N) is 1. The standard InChI is InChI=1S/C22H25N3O2/c23-10-4-6-17-14-19-9-12-25(21(19)20(15-17)16-24)11-5-13-27-22(26)18-7-2-1-3-8-18/h1-3,7-8,14-15H,4-6,9-13,23H2. The summed E-state index contributed by atoms with van der Waals surface area (Å²) in [5, 5.41) is 9.57. The van der Waals surface area contributed by atoms with E-state index in [1.807, 2.05) is 24.3 Å². The maximum Gasteiger partial charge on any atom is 0.338 e. The Morgan fingerprint density at radius 1 is 1.22 bits per heavy atom. The zero-order valence-electron chi connectivity index (χ0n) is 15.5. The SMILES string of the molecule is N#Cc1cc(CCCN)cc2c1N(CCCOC(=O)c1ccccc1)CC2. The first-order valence-corrected chi connectivity index (χ1v) is 9.46. The Morgan fingerprint density at radius 2 is 2.04 bits per heavy atom. The van der Waals surface area contributed by atoms with Gasteiger partial charge in [-0.25, -0.2) is 4.79 Å². The van der Waals surface area contributed by atoms with E-state index >= 15 is 0 Å². The van der Waals surface area contributed by atoms with Gasteiger partial charge in [0.05, 0.1) is 23.4 Å². The van der Waals surface area contributed by atoms with E-state index in [2.05, 4.69) is 17.0 Å². The second kappa shape index (κ2) is 9.20. The molecule has 2 aromatic carbocycles. The zero-order valence-corrected chi connectivity index (χ0v) is 15.5. The number of carbonyl (C=O) groups is 1. The van der Waals surface area contributed by atoms with Crippen LogP contribution >= 0.6 is 0 Å². The second-order valence-corrected chi connectivity index (χ2v) is 6.75. The van der Waals surface area contributed by atoms with Crippen molar-refractivity contribution in [1.82, 2.24) is 0 Å². The van der Waals surface area contributed by atoms with Crippen LogP contribution in [0.4, 0.5) is 5.69 Å². The van der Waals surface area contributed by atoms with Crippen molar-refractivity contribution >= 4 is 11.7 Å². The van der Waals surface area contributed by atoms with Crippen LogP contribution in [-0.4, -0.2) is 32.2 Å². The lowest BCUT2D eigenvalue weighted by atomic mass is 10.0. The topological polar surface area (TPSA) is 79.3 Å². The number of esters is 1. The van der Waals surface area contributed by atoms with Gasteiger partial charge >= 0.3 is 5.97 Å². The number of aryl methyl sites for hydroxylation is 1. The van der Waals surface area contributed by atoms with Crippen molar-refractivity contribution in [3.05, 3.63) is 64.7 Å². The molecule has 0 unspecified atom stereocenters. The lowest BCUT2D eigenvalue weighted by molar-refractivity contribution is 0.0502. The summed E-state index contributed by atoms with van der Waals surface area (Å²) in [6, 6.07) is 15.6. The molecule has 0 fully saturated rings. The van der Waals surface area contributed by atoms with Crippen LogP contribution in [0, 0.1) is 11.3 Å². The number of anilines is 1. The van der Waals surface area contributed by atoms with Gasteiger partial charge in [-0.3, -0.25) is 0 Å². The molecule has 0 bridgehead atoms. The summed E-state index contributed by atoms with van der Waals surface area (Å²) in [5.41, 5.74) is 10.4. The molecule has 0 atom stereocenters. The molecule has 0 aromatic heterocycles. The van der Waals surface area contributed by atoms with Gasteiger partial charge in [-0.1, -0.05) is 24.3 Å². The van der Waals surface area contributed by atoms with Gasteiger partial charge in [0, 0.05) is 13.1 Å². The van der Waals surface area contributed by atoms with Crippen LogP contribution in [0.15, 0.2) is 42.5 Å². The van der Waals surface area contributed by atoms with Gasteiger partial charge in [0.2, 0.25) is 0 Å². The molecule has 1 aliphatic rings. The summed E-state index contributed by atoms with van der Waals surface area (Å²) in [4.78, 5) is 14.2.